The molecule has 0 spiro atoms. The van der Waals surface area contributed by atoms with Crippen molar-refractivity contribution in [1.29, 1.82) is 0 Å². The molecule has 2 amide bonds. The summed E-state index contributed by atoms with van der Waals surface area (Å²) in [6, 6.07) is 14.6. The molecule has 0 unspecified atom stereocenters. The molecule has 3 aromatic carbocycles. The van der Waals surface area contributed by atoms with Crippen LogP contribution in [-0.4, -0.2) is 35.8 Å². The number of methoxy groups -OCH3 is 1. The van der Waals surface area contributed by atoms with Crippen LogP contribution in [0, 0.1) is 12.8 Å². The zero-order chi connectivity index (χ0) is 28.5. The lowest BCUT2D eigenvalue weighted by Gasteiger charge is -2.13. The summed E-state index contributed by atoms with van der Waals surface area (Å²) in [5.41, 5.74) is 3.12. The standard InChI is InChI=1S/C27H22Cl5N3O4/c1-13-7-17(33-12-22(36)39-2)4-6-21(13)35-25(37)19-11-18(3-5-20(19)30)34-26(38)24-23(27(24,31)32)14-8-15(28)10-16(29)9-14/h3-11,23-24,33H,12H2,1-2H3,(H,34,38)(H,35,37)/t23-,24+/m0/s1. The molecule has 1 aliphatic carbocycles. The van der Waals surface area contributed by atoms with Gasteiger partial charge in [-0.3, -0.25) is 14.4 Å². The summed E-state index contributed by atoms with van der Waals surface area (Å²) < 4.78 is 3.27. The van der Waals surface area contributed by atoms with Gasteiger partial charge in [0.15, 0.2) is 0 Å². The summed E-state index contributed by atoms with van der Waals surface area (Å²) in [4.78, 5) is 37.5. The Kier molecular flexibility index (Phi) is 8.88. The number of rotatable bonds is 8. The first kappa shape index (κ1) is 29.3. The van der Waals surface area contributed by atoms with Gasteiger partial charge in [0, 0.05) is 33.0 Å². The van der Waals surface area contributed by atoms with Crippen molar-refractivity contribution in [3.8, 4) is 0 Å². The predicted octanol–water partition coefficient (Wildman–Crippen LogP) is 7.32. The first-order chi connectivity index (χ1) is 18.4. The molecular formula is C27H22Cl5N3O4. The van der Waals surface area contributed by atoms with Crippen LogP contribution in [-0.2, 0) is 14.3 Å². The number of hydrogen-bond donors (Lipinski definition) is 3. The van der Waals surface area contributed by atoms with Gasteiger partial charge in [-0.05, 0) is 72.6 Å². The highest BCUT2D eigenvalue weighted by Gasteiger charge is 2.67. The highest BCUT2D eigenvalue weighted by Crippen LogP contribution is 2.65. The Morgan fingerprint density at radius 1 is 0.897 bits per heavy atom. The second-order valence-electron chi connectivity index (χ2n) is 8.93. The van der Waals surface area contributed by atoms with E-state index < -0.39 is 34.0 Å². The summed E-state index contributed by atoms with van der Waals surface area (Å²) in [6.45, 7) is 1.82. The van der Waals surface area contributed by atoms with E-state index in [2.05, 4.69) is 20.7 Å². The van der Waals surface area contributed by atoms with Gasteiger partial charge < -0.3 is 20.7 Å². The highest BCUT2D eigenvalue weighted by molar-refractivity contribution is 6.53. The van der Waals surface area contributed by atoms with Gasteiger partial charge in [-0.15, -0.1) is 23.2 Å². The molecule has 1 saturated carbocycles. The van der Waals surface area contributed by atoms with Gasteiger partial charge in [-0.2, -0.15) is 0 Å². The van der Waals surface area contributed by atoms with Crippen LogP contribution in [0.2, 0.25) is 15.1 Å². The lowest BCUT2D eigenvalue weighted by molar-refractivity contribution is -0.138. The molecule has 12 heteroatoms. The van der Waals surface area contributed by atoms with Crippen molar-refractivity contribution in [2.24, 2.45) is 5.92 Å². The third-order valence-electron chi connectivity index (χ3n) is 6.20. The maximum atomic E-state index is 13.1. The molecule has 39 heavy (non-hydrogen) atoms. The van der Waals surface area contributed by atoms with Crippen LogP contribution in [0.1, 0.15) is 27.4 Å². The summed E-state index contributed by atoms with van der Waals surface area (Å²) >= 11 is 31.4. The number of hydrogen-bond acceptors (Lipinski definition) is 5. The number of amides is 2. The molecule has 0 aromatic heterocycles. The van der Waals surface area contributed by atoms with E-state index in [9.17, 15) is 14.4 Å². The molecule has 3 aromatic rings. The fraction of sp³-hybridized carbons (Fsp3) is 0.222. The van der Waals surface area contributed by atoms with Gasteiger partial charge in [0.2, 0.25) is 5.91 Å². The van der Waals surface area contributed by atoms with Gasteiger partial charge in [0.05, 0.1) is 23.6 Å². The van der Waals surface area contributed by atoms with E-state index in [1.165, 1.54) is 19.2 Å². The van der Waals surface area contributed by atoms with Gasteiger partial charge in [-0.1, -0.05) is 34.8 Å². The van der Waals surface area contributed by atoms with E-state index in [0.717, 1.165) is 5.56 Å². The van der Waals surface area contributed by atoms with Crippen molar-refractivity contribution in [3.05, 3.63) is 86.4 Å². The van der Waals surface area contributed by atoms with E-state index in [1.807, 2.05) is 0 Å². The topological polar surface area (TPSA) is 96.5 Å². The molecule has 204 valence electrons. The molecule has 1 aliphatic rings. The number of esters is 1. The summed E-state index contributed by atoms with van der Waals surface area (Å²) in [6.07, 6.45) is 0. The predicted molar refractivity (Wildman–Crippen MR) is 157 cm³/mol. The van der Waals surface area contributed by atoms with Gasteiger partial charge in [0.25, 0.3) is 5.91 Å². The summed E-state index contributed by atoms with van der Waals surface area (Å²) in [7, 11) is 1.31. The van der Waals surface area contributed by atoms with Crippen molar-refractivity contribution in [3.63, 3.8) is 0 Å². The Bertz CT molecular complexity index is 1440. The third kappa shape index (κ3) is 6.73. The van der Waals surface area contributed by atoms with Crippen molar-refractivity contribution < 1.29 is 19.1 Å². The van der Waals surface area contributed by atoms with Crippen molar-refractivity contribution >= 4 is 92.9 Å². The van der Waals surface area contributed by atoms with E-state index in [4.69, 9.17) is 58.0 Å². The number of nitrogens with one attached hydrogen (secondary N) is 3. The summed E-state index contributed by atoms with van der Waals surface area (Å²) in [5, 5.41) is 9.53. The van der Waals surface area contributed by atoms with Crippen LogP contribution < -0.4 is 16.0 Å². The molecule has 4 rings (SSSR count). The van der Waals surface area contributed by atoms with E-state index in [-0.39, 0.29) is 17.1 Å². The first-order valence-corrected chi connectivity index (χ1v) is 13.5. The van der Waals surface area contributed by atoms with Crippen LogP contribution in [0.3, 0.4) is 0 Å². The molecule has 2 atom stereocenters. The highest BCUT2D eigenvalue weighted by atomic mass is 35.5. The molecule has 0 saturated heterocycles. The lowest BCUT2D eigenvalue weighted by atomic mass is 10.1. The molecule has 3 N–H and O–H groups in total. The molecule has 0 heterocycles. The fourth-order valence-corrected chi connectivity index (χ4v) is 5.74. The Hall–Kier alpha value is -2.68. The quantitative estimate of drug-likeness (QED) is 0.179. The van der Waals surface area contributed by atoms with E-state index in [0.29, 0.717) is 32.7 Å². The molecule has 0 radical (unpaired) electrons. The minimum absolute atomic E-state index is 0.0127. The van der Waals surface area contributed by atoms with Crippen LogP contribution in [0.25, 0.3) is 0 Å². The largest absolute Gasteiger partial charge is 0.468 e. The maximum absolute atomic E-state index is 13.1. The average molecular weight is 630 g/mol. The Balaban J connectivity index is 1.45. The number of benzene rings is 3. The fourth-order valence-electron chi connectivity index (χ4n) is 4.17. The van der Waals surface area contributed by atoms with Crippen molar-refractivity contribution in [1.82, 2.24) is 0 Å². The number of anilines is 3. The normalized spacial score (nSPS) is 17.2. The molecule has 0 aliphatic heterocycles. The zero-order valence-electron chi connectivity index (χ0n) is 20.6. The third-order valence-corrected chi connectivity index (χ3v) is 7.90. The average Bonchev–Trinajstić information content (AvgIpc) is 3.46. The summed E-state index contributed by atoms with van der Waals surface area (Å²) in [5.74, 6) is -2.59. The van der Waals surface area contributed by atoms with Crippen LogP contribution in [0.5, 0.6) is 0 Å². The van der Waals surface area contributed by atoms with Crippen molar-refractivity contribution in [2.45, 2.75) is 17.2 Å². The Morgan fingerprint density at radius 3 is 2.21 bits per heavy atom. The number of alkyl halides is 2. The Labute approximate surface area is 250 Å². The molecular weight excluding hydrogens is 608 g/mol. The second kappa shape index (κ2) is 11.8. The minimum atomic E-state index is -1.35. The lowest BCUT2D eigenvalue weighted by Crippen LogP contribution is -2.18. The van der Waals surface area contributed by atoms with Crippen LogP contribution in [0.4, 0.5) is 17.1 Å². The Morgan fingerprint density at radius 2 is 1.56 bits per heavy atom. The number of halogens is 5. The molecule has 1 fully saturated rings. The number of aryl methyl sites for hydroxylation is 1. The van der Waals surface area contributed by atoms with Gasteiger partial charge in [0.1, 0.15) is 10.9 Å². The SMILES string of the molecule is COC(=O)CNc1ccc(NC(=O)c2cc(NC(=O)[C@H]3[C@H](c4cc(Cl)cc(Cl)c4)C3(Cl)Cl)ccc2Cl)c(C)c1. The van der Waals surface area contributed by atoms with E-state index >= 15 is 0 Å². The zero-order valence-corrected chi connectivity index (χ0v) is 24.4. The van der Waals surface area contributed by atoms with Gasteiger partial charge >= 0.3 is 5.97 Å². The first-order valence-electron chi connectivity index (χ1n) is 11.6. The smallest absolute Gasteiger partial charge is 0.325 e. The van der Waals surface area contributed by atoms with Gasteiger partial charge in [-0.25, -0.2) is 0 Å². The maximum Gasteiger partial charge on any atom is 0.325 e. The monoisotopic (exact) mass is 627 g/mol. The molecule has 0 bridgehead atoms. The minimum Gasteiger partial charge on any atom is -0.468 e. The molecule has 7 nitrogen and oxygen atoms in total. The number of ether oxygens (including phenoxy) is 1. The van der Waals surface area contributed by atoms with Crippen LogP contribution in [0.15, 0.2) is 54.6 Å². The van der Waals surface area contributed by atoms with Crippen molar-refractivity contribution in [2.75, 3.05) is 29.6 Å². The van der Waals surface area contributed by atoms with E-state index in [1.54, 1.807) is 49.4 Å². The number of carbonyl (C=O) groups excluding carboxylic acids is 3. The van der Waals surface area contributed by atoms with Crippen LogP contribution >= 0.6 is 58.0 Å². The second-order valence-corrected chi connectivity index (χ2v) is 11.7. The number of carbonyl (C=O) groups is 3.